The van der Waals surface area contributed by atoms with E-state index >= 15 is 0 Å². The molecular weight excluding hydrogens is 390 g/mol. The van der Waals surface area contributed by atoms with Crippen molar-refractivity contribution in [3.63, 3.8) is 0 Å². The molecule has 164 valence electrons. The zero-order valence-electron chi connectivity index (χ0n) is 17.3. The fourth-order valence-electron chi connectivity index (χ4n) is 2.88. The number of unbranched alkanes of at least 4 members (excludes halogenated alkanes) is 1. The number of ether oxygens (including phenoxy) is 2. The number of nitrogens with one attached hydrogen (secondary N) is 3. The monoisotopic (exact) mass is 419 g/mol. The lowest BCUT2D eigenvalue weighted by Gasteiger charge is -2.18. The molecule has 0 aliphatic carbocycles. The summed E-state index contributed by atoms with van der Waals surface area (Å²) in [6.07, 6.45) is -0.130. The van der Waals surface area contributed by atoms with Crippen LogP contribution in [0.2, 0.25) is 0 Å². The van der Waals surface area contributed by atoms with Crippen LogP contribution < -0.4 is 16.0 Å². The number of esters is 1. The molecule has 9 nitrogen and oxygen atoms in total. The first-order valence-corrected chi connectivity index (χ1v) is 10.1. The third-order valence-electron chi connectivity index (χ3n) is 4.46. The molecule has 1 saturated heterocycles. The van der Waals surface area contributed by atoms with Crippen molar-refractivity contribution in [1.82, 2.24) is 16.0 Å². The largest absolute Gasteiger partial charge is 0.464 e. The molecule has 3 amide bonds. The molecule has 3 atom stereocenters. The summed E-state index contributed by atoms with van der Waals surface area (Å²) < 4.78 is 9.96. The van der Waals surface area contributed by atoms with E-state index in [1.165, 1.54) is 6.92 Å². The maximum atomic E-state index is 12.7. The molecule has 0 spiro atoms. The second kappa shape index (κ2) is 11.9. The second-order valence-corrected chi connectivity index (χ2v) is 6.96. The van der Waals surface area contributed by atoms with Crippen LogP contribution in [-0.4, -0.2) is 61.6 Å². The third-order valence-corrected chi connectivity index (χ3v) is 4.46. The molecule has 1 heterocycles. The Morgan fingerprint density at radius 1 is 1.03 bits per heavy atom. The first-order chi connectivity index (χ1) is 14.4. The van der Waals surface area contributed by atoms with Gasteiger partial charge in [-0.1, -0.05) is 30.3 Å². The Kier molecular flexibility index (Phi) is 9.27. The molecule has 0 aromatic heterocycles. The number of carbonyl (C=O) groups is 4. The summed E-state index contributed by atoms with van der Waals surface area (Å²) in [6.45, 7) is 4.29. The Morgan fingerprint density at radius 2 is 1.70 bits per heavy atom. The van der Waals surface area contributed by atoms with Crippen LogP contribution in [0, 0.1) is 0 Å². The van der Waals surface area contributed by atoms with E-state index in [1.54, 1.807) is 6.92 Å². The van der Waals surface area contributed by atoms with Crippen LogP contribution >= 0.6 is 0 Å². The molecule has 1 fully saturated rings. The lowest BCUT2D eigenvalue weighted by atomic mass is 10.0. The summed E-state index contributed by atoms with van der Waals surface area (Å²) in [5, 5.41) is 8.19. The average Bonchev–Trinajstić information content (AvgIpc) is 3.52. The van der Waals surface area contributed by atoms with Crippen LogP contribution in [0.25, 0.3) is 0 Å². The van der Waals surface area contributed by atoms with Crippen LogP contribution in [0.4, 0.5) is 0 Å². The number of rotatable bonds is 12. The van der Waals surface area contributed by atoms with Gasteiger partial charge in [0.25, 0.3) is 5.91 Å². The molecule has 1 aliphatic rings. The van der Waals surface area contributed by atoms with Gasteiger partial charge in [0.05, 0.1) is 6.61 Å². The van der Waals surface area contributed by atoms with E-state index in [9.17, 15) is 19.2 Å². The molecule has 3 N–H and O–H groups in total. The topological polar surface area (TPSA) is 126 Å². The molecule has 0 bridgehead atoms. The van der Waals surface area contributed by atoms with Crippen molar-refractivity contribution >= 4 is 23.7 Å². The number of amides is 3. The highest BCUT2D eigenvalue weighted by Crippen LogP contribution is 2.23. The van der Waals surface area contributed by atoms with Gasteiger partial charge >= 0.3 is 5.97 Å². The Hall–Kier alpha value is -2.94. The summed E-state index contributed by atoms with van der Waals surface area (Å²) in [6, 6.07) is 8.52. The van der Waals surface area contributed by atoms with Gasteiger partial charge in [0.15, 0.2) is 12.2 Å². The Morgan fingerprint density at radius 3 is 2.33 bits per heavy atom. The SMILES string of the molecule is CCOC(=O)[C@H]1O[C@@H]1C(=O)N[C@@H](Cc1ccccc1)C(=O)NCCCCNC(C)=O. The van der Waals surface area contributed by atoms with Crippen LogP contribution in [-0.2, 0) is 35.1 Å². The van der Waals surface area contributed by atoms with Gasteiger partial charge in [0.2, 0.25) is 11.8 Å². The number of benzene rings is 1. The molecule has 2 rings (SSSR count). The van der Waals surface area contributed by atoms with E-state index in [-0.39, 0.29) is 18.4 Å². The van der Waals surface area contributed by atoms with Crippen molar-refractivity contribution in [3.8, 4) is 0 Å². The van der Waals surface area contributed by atoms with E-state index in [2.05, 4.69) is 16.0 Å². The predicted molar refractivity (Wildman–Crippen MR) is 108 cm³/mol. The van der Waals surface area contributed by atoms with Crippen LogP contribution in [0.5, 0.6) is 0 Å². The minimum Gasteiger partial charge on any atom is -0.464 e. The maximum absolute atomic E-state index is 12.7. The van der Waals surface area contributed by atoms with E-state index in [1.807, 2.05) is 30.3 Å². The number of epoxide rings is 1. The third kappa shape index (κ3) is 7.82. The molecule has 30 heavy (non-hydrogen) atoms. The summed E-state index contributed by atoms with van der Waals surface area (Å²) in [7, 11) is 0. The van der Waals surface area contributed by atoms with Crippen molar-refractivity contribution in [3.05, 3.63) is 35.9 Å². The van der Waals surface area contributed by atoms with E-state index in [4.69, 9.17) is 9.47 Å². The highest BCUT2D eigenvalue weighted by atomic mass is 16.6. The average molecular weight is 419 g/mol. The molecule has 1 aliphatic heterocycles. The Labute approximate surface area is 175 Å². The Bertz CT molecular complexity index is 740. The van der Waals surface area contributed by atoms with Crippen molar-refractivity contribution in [2.24, 2.45) is 0 Å². The first kappa shape index (κ1) is 23.3. The van der Waals surface area contributed by atoms with Crippen LogP contribution in [0.1, 0.15) is 32.3 Å². The van der Waals surface area contributed by atoms with Gasteiger partial charge < -0.3 is 25.4 Å². The second-order valence-electron chi connectivity index (χ2n) is 6.96. The Balaban J connectivity index is 1.87. The van der Waals surface area contributed by atoms with Crippen molar-refractivity contribution in [2.75, 3.05) is 19.7 Å². The normalized spacial score (nSPS) is 18.1. The smallest absolute Gasteiger partial charge is 0.338 e. The van der Waals surface area contributed by atoms with Gasteiger partial charge in [-0.3, -0.25) is 14.4 Å². The number of hydrogen-bond acceptors (Lipinski definition) is 6. The van der Waals surface area contributed by atoms with Gasteiger partial charge in [-0.15, -0.1) is 0 Å². The molecule has 0 radical (unpaired) electrons. The maximum Gasteiger partial charge on any atom is 0.338 e. The summed E-state index contributed by atoms with van der Waals surface area (Å²) in [5.74, 6) is -1.51. The van der Waals surface area contributed by atoms with Gasteiger partial charge in [0, 0.05) is 26.4 Å². The highest BCUT2D eigenvalue weighted by Gasteiger charge is 2.52. The zero-order chi connectivity index (χ0) is 21.9. The van der Waals surface area contributed by atoms with Crippen LogP contribution in [0.3, 0.4) is 0 Å². The van der Waals surface area contributed by atoms with Crippen molar-refractivity contribution in [2.45, 2.75) is 51.4 Å². The molecule has 1 aromatic carbocycles. The van der Waals surface area contributed by atoms with E-state index in [0.717, 1.165) is 12.0 Å². The first-order valence-electron chi connectivity index (χ1n) is 10.1. The highest BCUT2D eigenvalue weighted by molar-refractivity contribution is 5.95. The van der Waals surface area contributed by atoms with Crippen molar-refractivity contribution in [1.29, 1.82) is 0 Å². The van der Waals surface area contributed by atoms with Crippen LogP contribution in [0.15, 0.2) is 30.3 Å². The molecule has 0 unspecified atom stereocenters. The van der Waals surface area contributed by atoms with E-state index < -0.39 is 30.1 Å². The summed E-state index contributed by atoms with van der Waals surface area (Å²) >= 11 is 0. The predicted octanol–water partition coefficient (Wildman–Crippen LogP) is 0.0769. The molecule has 1 aromatic rings. The lowest BCUT2D eigenvalue weighted by molar-refractivity contribution is -0.144. The van der Waals surface area contributed by atoms with Gasteiger partial charge in [-0.05, 0) is 25.3 Å². The van der Waals surface area contributed by atoms with Gasteiger partial charge in [-0.2, -0.15) is 0 Å². The molecular formula is C21H29N3O6. The quantitative estimate of drug-likeness (QED) is 0.250. The molecule has 0 saturated carbocycles. The number of carbonyl (C=O) groups excluding carboxylic acids is 4. The number of hydrogen-bond donors (Lipinski definition) is 3. The fraction of sp³-hybridized carbons (Fsp3) is 0.524. The fourth-order valence-corrected chi connectivity index (χ4v) is 2.88. The summed E-state index contributed by atoms with van der Waals surface area (Å²) in [4.78, 5) is 47.6. The van der Waals surface area contributed by atoms with Gasteiger partial charge in [0.1, 0.15) is 6.04 Å². The lowest BCUT2D eigenvalue weighted by Crippen LogP contribution is -2.49. The molecule has 9 heteroatoms. The van der Waals surface area contributed by atoms with E-state index in [0.29, 0.717) is 25.9 Å². The van der Waals surface area contributed by atoms with Crippen molar-refractivity contribution < 1.29 is 28.7 Å². The zero-order valence-corrected chi connectivity index (χ0v) is 17.3. The minimum absolute atomic E-state index is 0.0897. The standard InChI is InChI=1S/C21H29N3O6/c1-3-29-21(28)18-17(30-18)20(27)24-16(13-15-9-5-4-6-10-15)19(26)23-12-8-7-11-22-14(2)25/h4-6,9-10,16-18H,3,7-8,11-13H2,1-2H3,(H,22,25)(H,23,26)(H,24,27)/t16-,17-,18-/m0/s1. The van der Waals surface area contributed by atoms with Gasteiger partial charge in [-0.25, -0.2) is 4.79 Å². The summed E-state index contributed by atoms with van der Waals surface area (Å²) in [5.41, 5.74) is 0.891. The minimum atomic E-state index is -0.937.